The molecule has 0 radical (unpaired) electrons. The van der Waals surface area contributed by atoms with Crippen molar-refractivity contribution in [3.05, 3.63) is 29.8 Å². The van der Waals surface area contributed by atoms with E-state index in [1.165, 1.54) is 0 Å². The van der Waals surface area contributed by atoms with Gasteiger partial charge in [-0.05, 0) is 25.5 Å². The molecule has 0 aliphatic carbocycles. The lowest BCUT2D eigenvalue weighted by atomic mass is 10.2. The van der Waals surface area contributed by atoms with Crippen molar-refractivity contribution < 1.29 is 8.42 Å². The molecule has 0 bridgehead atoms. The van der Waals surface area contributed by atoms with Crippen LogP contribution in [0.25, 0.3) is 0 Å². The van der Waals surface area contributed by atoms with Crippen molar-refractivity contribution >= 4 is 15.7 Å². The summed E-state index contributed by atoms with van der Waals surface area (Å²) in [7, 11) is -3.22. The van der Waals surface area contributed by atoms with Crippen LogP contribution < -0.4 is 10.5 Å². The molecular formula is C10H16N2O2S. The summed E-state index contributed by atoms with van der Waals surface area (Å²) in [6.45, 7) is 3.51. The number of benzene rings is 1. The summed E-state index contributed by atoms with van der Waals surface area (Å²) < 4.78 is 25.4. The second-order valence-corrected chi connectivity index (χ2v) is 5.94. The fourth-order valence-electron chi connectivity index (χ4n) is 1.04. The van der Waals surface area contributed by atoms with Crippen LogP contribution in [0, 0.1) is 0 Å². The average Bonchev–Trinajstić information content (AvgIpc) is 2.16. The number of nitrogens with one attached hydrogen (secondary N) is 1. The van der Waals surface area contributed by atoms with E-state index in [9.17, 15) is 8.42 Å². The Morgan fingerprint density at radius 3 is 2.47 bits per heavy atom. The molecule has 0 saturated heterocycles. The Bertz CT molecular complexity index is 427. The van der Waals surface area contributed by atoms with Crippen LogP contribution in [-0.2, 0) is 16.6 Å². The van der Waals surface area contributed by atoms with Crippen LogP contribution in [0.15, 0.2) is 24.3 Å². The Balaban J connectivity index is 2.70. The molecule has 4 nitrogen and oxygen atoms in total. The summed E-state index contributed by atoms with van der Waals surface area (Å²) in [4.78, 5) is 0. The van der Waals surface area contributed by atoms with Gasteiger partial charge >= 0.3 is 0 Å². The first-order chi connectivity index (χ1) is 6.93. The minimum atomic E-state index is -3.22. The van der Waals surface area contributed by atoms with Crippen molar-refractivity contribution in [2.45, 2.75) is 25.6 Å². The fourth-order valence-corrected chi connectivity index (χ4v) is 1.73. The summed E-state index contributed by atoms with van der Waals surface area (Å²) >= 11 is 0. The van der Waals surface area contributed by atoms with Crippen LogP contribution in [0.3, 0.4) is 0 Å². The molecule has 0 spiro atoms. The molecule has 1 rings (SSSR count). The van der Waals surface area contributed by atoms with E-state index >= 15 is 0 Å². The van der Waals surface area contributed by atoms with Crippen molar-refractivity contribution in [1.82, 2.24) is 4.72 Å². The van der Waals surface area contributed by atoms with Gasteiger partial charge in [0, 0.05) is 12.2 Å². The zero-order valence-corrected chi connectivity index (χ0v) is 9.71. The van der Waals surface area contributed by atoms with Crippen LogP contribution >= 0.6 is 0 Å². The third-order valence-electron chi connectivity index (χ3n) is 2.14. The number of nitrogen functional groups attached to an aromatic ring is 1. The Morgan fingerprint density at radius 1 is 1.33 bits per heavy atom. The van der Waals surface area contributed by atoms with Crippen molar-refractivity contribution in [2.24, 2.45) is 0 Å². The summed E-state index contributed by atoms with van der Waals surface area (Å²) in [5.41, 5.74) is 7.09. The molecule has 15 heavy (non-hydrogen) atoms. The minimum absolute atomic E-state index is 0.243. The number of para-hydroxylation sites is 1. The molecule has 84 valence electrons. The van der Waals surface area contributed by atoms with Gasteiger partial charge in [0.1, 0.15) is 0 Å². The SMILES string of the molecule is CC(C)S(=O)(=O)NCc1ccccc1N. The number of hydrogen-bond acceptors (Lipinski definition) is 3. The molecule has 0 atom stereocenters. The average molecular weight is 228 g/mol. The van der Waals surface area contributed by atoms with Gasteiger partial charge in [0.15, 0.2) is 0 Å². The van der Waals surface area contributed by atoms with Gasteiger partial charge in [-0.1, -0.05) is 18.2 Å². The van der Waals surface area contributed by atoms with Crippen molar-refractivity contribution in [3.63, 3.8) is 0 Å². The second kappa shape index (κ2) is 4.63. The number of sulfonamides is 1. The second-order valence-electron chi connectivity index (χ2n) is 3.61. The van der Waals surface area contributed by atoms with Gasteiger partial charge in [0.05, 0.1) is 5.25 Å². The van der Waals surface area contributed by atoms with Crippen molar-refractivity contribution in [3.8, 4) is 0 Å². The summed E-state index contributed by atoms with van der Waals surface area (Å²) in [6.07, 6.45) is 0. The number of anilines is 1. The van der Waals surface area contributed by atoms with Crippen LogP contribution in [-0.4, -0.2) is 13.7 Å². The summed E-state index contributed by atoms with van der Waals surface area (Å²) in [6, 6.07) is 7.20. The van der Waals surface area contributed by atoms with Gasteiger partial charge in [0.25, 0.3) is 0 Å². The third kappa shape index (κ3) is 3.21. The maximum Gasteiger partial charge on any atom is 0.214 e. The number of rotatable bonds is 4. The maximum absolute atomic E-state index is 11.5. The fraction of sp³-hybridized carbons (Fsp3) is 0.400. The number of hydrogen-bond donors (Lipinski definition) is 2. The molecule has 1 aromatic carbocycles. The molecule has 0 fully saturated rings. The molecule has 0 unspecified atom stereocenters. The first-order valence-corrected chi connectivity index (χ1v) is 6.30. The molecule has 0 aromatic heterocycles. The Labute approximate surface area is 90.5 Å². The molecule has 0 amide bonds. The molecule has 0 aliphatic heterocycles. The van der Waals surface area contributed by atoms with E-state index in [-0.39, 0.29) is 6.54 Å². The summed E-state index contributed by atoms with van der Waals surface area (Å²) in [5.74, 6) is 0. The van der Waals surface area contributed by atoms with Gasteiger partial charge in [-0.25, -0.2) is 13.1 Å². The van der Waals surface area contributed by atoms with Crippen LogP contribution in [0.5, 0.6) is 0 Å². The molecule has 0 heterocycles. The molecule has 1 aromatic rings. The molecular weight excluding hydrogens is 212 g/mol. The lowest BCUT2D eigenvalue weighted by Crippen LogP contribution is -2.30. The maximum atomic E-state index is 11.5. The lowest BCUT2D eigenvalue weighted by molar-refractivity contribution is 0.572. The van der Waals surface area contributed by atoms with Crippen LogP contribution in [0.2, 0.25) is 0 Å². The van der Waals surface area contributed by atoms with Crippen LogP contribution in [0.1, 0.15) is 19.4 Å². The minimum Gasteiger partial charge on any atom is -0.398 e. The van der Waals surface area contributed by atoms with E-state index in [1.807, 2.05) is 12.1 Å². The smallest absolute Gasteiger partial charge is 0.214 e. The monoisotopic (exact) mass is 228 g/mol. The first kappa shape index (κ1) is 12.0. The molecule has 3 N–H and O–H groups in total. The highest BCUT2D eigenvalue weighted by Gasteiger charge is 2.15. The van der Waals surface area contributed by atoms with E-state index in [0.29, 0.717) is 5.69 Å². The van der Waals surface area contributed by atoms with Gasteiger partial charge in [-0.15, -0.1) is 0 Å². The van der Waals surface area contributed by atoms with Crippen molar-refractivity contribution in [1.29, 1.82) is 0 Å². The van der Waals surface area contributed by atoms with Crippen molar-refractivity contribution in [2.75, 3.05) is 5.73 Å². The third-order valence-corrected chi connectivity index (χ3v) is 3.93. The number of nitrogens with two attached hydrogens (primary N) is 1. The van der Waals surface area contributed by atoms with Gasteiger partial charge in [-0.2, -0.15) is 0 Å². The van der Waals surface area contributed by atoms with Crippen LogP contribution in [0.4, 0.5) is 5.69 Å². The van der Waals surface area contributed by atoms with Gasteiger partial charge < -0.3 is 5.73 Å². The summed E-state index contributed by atoms with van der Waals surface area (Å²) in [5, 5.41) is -0.428. The van der Waals surface area contributed by atoms with E-state index in [0.717, 1.165) is 5.56 Å². The highest BCUT2D eigenvalue weighted by atomic mass is 32.2. The van der Waals surface area contributed by atoms with E-state index in [2.05, 4.69) is 4.72 Å². The Hall–Kier alpha value is -1.07. The predicted octanol–water partition coefficient (Wildman–Crippen LogP) is 1.10. The topological polar surface area (TPSA) is 72.2 Å². The highest BCUT2D eigenvalue weighted by molar-refractivity contribution is 7.90. The largest absolute Gasteiger partial charge is 0.398 e. The Kier molecular flexibility index (Phi) is 3.71. The normalized spacial score (nSPS) is 11.9. The quantitative estimate of drug-likeness (QED) is 0.758. The van der Waals surface area contributed by atoms with E-state index in [1.54, 1.807) is 26.0 Å². The highest BCUT2D eigenvalue weighted by Crippen LogP contribution is 2.10. The first-order valence-electron chi connectivity index (χ1n) is 4.75. The lowest BCUT2D eigenvalue weighted by Gasteiger charge is -2.10. The Morgan fingerprint density at radius 2 is 1.93 bits per heavy atom. The van der Waals surface area contributed by atoms with Gasteiger partial charge in [0.2, 0.25) is 10.0 Å². The van der Waals surface area contributed by atoms with Gasteiger partial charge in [-0.3, -0.25) is 0 Å². The standard InChI is InChI=1S/C10H16N2O2S/c1-8(2)15(13,14)12-7-9-5-3-4-6-10(9)11/h3-6,8,12H,7,11H2,1-2H3. The zero-order valence-electron chi connectivity index (χ0n) is 8.90. The predicted molar refractivity (Wildman–Crippen MR) is 61.7 cm³/mol. The molecule has 0 aliphatic rings. The molecule has 0 saturated carbocycles. The van der Waals surface area contributed by atoms with E-state index < -0.39 is 15.3 Å². The zero-order chi connectivity index (χ0) is 11.5. The van der Waals surface area contributed by atoms with E-state index in [4.69, 9.17) is 5.73 Å². The molecule has 5 heteroatoms.